The van der Waals surface area contributed by atoms with Crippen LogP contribution in [0.15, 0.2) is 36.4 Å². The molecule has 0 radical (unpaired) electrons. The highest BCUT2D eigenvalue weighted by molar-refractivity contribution is 6.31. The van der Waals surface area contributed by atoms with Gasteiger partial charge in [0.25, 0.3) is 5.91 Å². The third-order valence-corrected chi connectivity index (χ3v) is 3.44. The Morgan fingerprint density at radius 1 is 1.04 bits per heavy atom. The fourth-order valence-corrected chi connectivity index (χ4v) is 2.20. The number of amides is 1. The number of hydrogen-bond acceptors (Lipinski definition) is 5. The molecule has 1 amide bonds. The third-order valence-electron chi connectivity index (χ3n) is 3.20. The molecule has 132 valence electrons. The molecule has 0 aliphatic rings. The second-order valence-electron chi connectivity index (χ2n) is 4.85. The van der Waals surface area contributed by atoms with Gasteiger partial charge < -0.3 is 24.6 Å². The number of hydrogen-bond donors (Lipinski definition) is 2. The fourth-order valence-electron chi connectivity index (χ4n) is 2.03. The molecule has 0 saturated heterocycles. The van der Waals surface area contributed by atoms with E-state index in [-0.39, 0.29) is 23.7 Å². The molecule has 0 spiro atoms. The van der Waals surface area contributed by atoms with E-state index < -0.39 is 11.9 Å². The van der Waals surface area contributed by atoms with Crippen LogP contribution >= 0.6 is 11.6 Å². The molecule has 25 heavy (non-hydrogen) atoms. The minimum Gasteiger partial charge on any atom is -0.495 e. The van der Waals surface area contributed by atoms with Crippen LogP contribution in [-0.2, 0) is 4.79 Å². The summed E-state index contributed by atoms with van der Waals surface area (Å²) in [6.45, 7) is -0.307. The lowest BCUT2D eigenvalue weighted by molar-refractivity contribution is -0.118. The minimum atomic E-state index is -1.09. The molecule has 0 unspecified atom stereocenters. The Hall–Kier alpha value is -2.93. The molecule has 2 rings (SSSR count). The molecule has 0 aliphatic carbocycles. The van der Waals surface area contributed by atoms with Gasteiger partial charge in [0.15, 0.2) is 18.1 Å². The molecular weight excluding hydrogens is 350 g/mol. The summed E-state index contributed by atoms with van der Waals surface area (Å²) in [5.41, 5.74) is 0.467. The number of methoxy groups -OCH3 is 2. The predicted octanol–water partition coefficient (Wildman–Crippen LogP) is 3.07. The average Bonchev–Trinajstić information content (AvgIpc) is 2.59. The molecular formula is C17H16ClNO6. The van der Waals surface area contributed by atoms with Crippen molar-refractivity contribution in [3.8, 4) is 17.2 Å². The van der Waals surface area contributed by atoms with E-state index in [9.17, 15) is 9.59 Å². The number of nitrogens with one attached hydrogen (secondary N) is 1. The molecule has 0 fully saturated rings. The summed E-state index contributed by atoms with van der Waals surface area (Å²) in [6.07, 6.45) is 0. The van der Waals surface area contributed by atoms with Gasteiger partial charge in [-0.05, 0) is 36.4 Å². The van der Waals surface area contributed by atoms with Crippen LogP contribution in [0.4, 0.5) is 5.69 Å². The first-order valence-electron chi connectivity index (χ1n) is 7.12. The Morgan fingerprint density at radius 2 is 1.72 bits per heavy atom. The Balaban J connectivity index is 2.05. The van der Waals surface area contributed by atoms with Crippen molar-refractivity contribution in [2.24, 2.45) is 0 Å². The Kier molecular flexibility index (Phi) is 6.08. The standard InChI is InChI=1S/C17H16ClNO6/c1-23-13-6-4-11(18)8-12(13)19-16(20)9-25-14-5-3-10(17(21)22)7-15(14)24-2/h3-8H,9H2,1-2H3,(H,19,20)(H,21,22). The maximum absolute atomic E-state index is 12.1. The van der Waals surface area contributed by atoms with Crippen LogP contribution in [0.3, 0.4) is 0 Å². The highest BCUT2D eigenvalue weighted by Gasteiger charge is 2.13. The fraction of sp³-hybridized carbons (Fsp3) is 0.176. The van der Waals surface area contributed by atoms with Crippen LogP contribution in [0.25, 0.3) is 0 Å². The van der Waals surface area contributed by atoms with E-state index in [0.717, 1.165) is 0 Å². The maximum atomic E-state index is 12.1. The van der Waals surface area contributed by atoms with Gasteiger partial charge >= 0.3 is 5.97 Å². The summed E-state index contributed by atoms with van der Waals surface area (Å²) in [5.74, 6) is -0.601. The van der Waals surface area contributed by atoms with Crippen molar-refractivity contribution >= 4 is 29.2 Å². The van der Waals surface area contributed by atoms with Crippen LogP contribution in [0.1, 0.15) is 10.4 Å². The van der Waals surface area contributed by atoms with Gasteiger partial charge in [0.2, 0.25) is 0 Å². The molecule has 0 aliphatic heterocycles. The van der Waals surface area contributed by atoms with Crippen LogP contribution in [0.2, 0.25) is 5.02 Å². The van der Waals surface area contributed by atoms with Gasteiger partial charge in [-0.25, -0.2) is 4.79 Å². The minimum absolute atomic E-state index is 0.0531. The van der Waals surface area contributed by atoms with Gasteiger partial charge in [-0.3, -0.25) is 4.79 Å². The van der Waals surface area contributed by atoms with Crippen molar-refractivity contribution in [3.05, 3.63) is 47.0 Å². The first-order chi connectivity index (χ1) is 11.9. The first-order valence-corrected chi connectivity index (χ1v) is 7.50. The molecule has 7 nitrogen and oxygen atoms in total. The Bertz CT molecular complexity index is 793. The highest BCUT2D eigenvalue weighted by Crippen LogP contribution is 2.29. The molecule has 2 aromatic rings. The monoisotopic (exact) mass is 365 g/mol. The lowest BCUT2D eigenvalue weighted by Crippen LogP contribution is -2.20. The van der Waals surface area contributed by atoms with E-state index in [1.807, 2.05) is 0 Å². The molecule has 0 heterocycles. The summed E-state index contributed by atoms with van der Waals surface area (Å²) in [6, 6.07) is 8.93. The molecule has 2 aromatic carbocycles. The van der Waals surface area contributed by atoms with Gasteiger partial charge in [-0.15, -0.1) is 0 Å². The molecule has 0 atom stereocenters. The Labute approximate surface area is 149 Å². The smallest absolute Gasteiger partial charge is 0.335 e. The van der Waals surface area contributed by atoms with E-state index in [0.29, 0.717) is 16.5 Å². The van der Waals surface area contributed by atoms with Crippen LogP contribution in [0.5, 0.6) is 17.2 Å². The molecule has 0 saturated carbocycles. The van der Waals surface area contributed by atoms with E-state index in [1.54, 1.807) is 18.2 Å². The number of carboxylic acid groups (broad SMARTS) is 1. The average molecular weight is 366 g/mol. The van der Waals surface area contributed by atoms with Crippen LogP contribution < -0.4 is 19.5 Å². The van der Waals surface area contributed by atoms with Crippen molar-refractivity contribution in [1.29, 1.82) is 0 Å². The number of carboxylic acids is 1. The van der Waals surface area contributed by atoms with Gasteiger partial charge in [0.1, 0.15) is 5.75 Å². The Morgan fingerprint density at radius 3 is 2.36 bits per heavy atom. The van der Waals surface area contributed by atoms with Crippen molar-refractivity contribution in [1.82, 2.24) is 0 Å². The van der Waals surface area contributed by atoms with E-state index in [1.165, 1.54) is 32.4 Å². The number of benzene rings is 2. The van der Waals surface area contributed by atoms with Crippen molar-refractivity contribution in [2.75, 3.05) is 26.1 Å². The van der Waals surface area contributed by atoms with Gasteiger partial charge in [0, 0.05) is 5.02 Å². The zero-order chi connectivity index (χ0) is 18.4. The van der Waals surface area contributed by atoms with Crippen LogP contribution in [-0.4, -0.2) is 37.8 Å². The topological polar surface area (TPSA) is 94.1 Å². The lowest BCUT2D eigenvalue weighted by Gasteiger charge is -2.13. The summed E-state index contributed by atoms with van der Waals surface area (Å²) in [5, 5.41) is 12.0. The van der Waals surface area contributed by atoms with Crippen molar-refractivity contribution in [3.63, 3.8) is 0 Å². The number of rotatable bonds is 7. The number of ether oxygens (including phenoxy) is 3. The maximum Gasteiger partial charge on any atom is 0.335 e. The molecule has 0 bridgehead atoms. The number of halogens is 1. The largest absolute Gasteiger partial charge is 0.495 e. The number of carbonyl (C=O) groups is 2. The van der Waals surface area contributed by atoms with Crippen molar-refractivity contribution in [2.45, 2.75) is 0 Å². The van der Waals surface area contributed by atoms with Gasteiger partial charge in [0.05, 0.1) is 25.5 Å². The van der Waals surface area contributed by atoms with E-state index in [4.69, 9.17) is 30.9 Å². The zero-order valence-electron chi connectivity index (χ0n) is 13.5. The number of anilines is 1. The van der Waals surface area contributed by atoms with Crippen molar-refractivity contribution < 1.29 is 28.9 Å². The van der Waals surface area contributed by atoms with E-state index >= 15 is 0 Å². The number of carbonyl (C=O) groups excluding carboxylic acids is 1. The van der Waals surface area contributed by atoms with Gasteiger partial charge in [-0.1, -0.05) is 11.6 Å². The second-order valence-corrected chi connectivity index (χ2v) is 5.29. The predicted molar refractivity (Wildman–Crippen MR) is 92.1 cm³/mol. The summed E-state index contributed by atoms with van der Waals surface area (Å²) >= 11 is 5.91. The number of aromatic carboxylic acids is 1. The third kappa shape index (κ3) is 4.77. The van der Waals surface area contributed by atoms with Crippen LogP contribution in [0, 0.1) is 0 Å². The molecule has 0 aromatic heterocycles. The zero-order valence-corrected chi connectivity index (χ0v) is 14.3. The molecule has 8 heteroatoms. The first kappa shape index (κ1) is 18.4. The normalized spacial score (nSPS) is 10.0. The van der Waals surface area contributed by atoms with Gasteiger partial charge in [-0.2, -0.15) is 0 Å². The second kappa shape index (κ2) is 8.25. The highest BCUT2D eigenvalue weighted by atomic mass is 35.5. The lowest BCUT2D eigenvalue weighted by atomic mass is 10.2. The van der Waals surface area contributed by atoms with E-state index in [2.05, 4.69) is 5.32 Å². The SMILES string of the molecule is COc1ccc(Cl)cc1NC(=O)COc1ccc(C(=O)O)cc1OC. The quantitative estimate of drug-likeness (QED) is 0.783. The summed E-state index contributed by atoms with van der Waals surface area (Å²) in [7, 11) is 2.86. The summed E-state index contributed by atoms with van der Waals surface area (Å²) < 4.78 is 15.6. The summed E-state index contributed by atoms with van der Waals surface area (Å²) in [4.78, 5) is 23.0. The molecule has 2 N–H and O–H groups in total.